The molecule has 2 N–H and O–H groups in total. The zero-order valence-corrected chi connectivity index (χ0v) is 11.1. The van der Waals surface area contributed by atoms with Crippen LogP contribution in [0.1, 0.15) is 46.0 Å². The van der Waals surface area contributed by atoms with E-state index in [-0.39, 0.29) is 0 Å². The van der Waals surface area contributed by atoms with E-state index in [2.05, 4.69) is 36.1 Å². The first kappa shape index (κ1) is 15.0. The Morgan fingerprint density at radius 2 is 2.12 bits per heavy atom. The van der Waals surface area contributed by atoms with Crippen LogP contribution in [0.15, 0.2) is 17.6 Å². The minimum absolute atomic E-state index is 0.480. The highest BCUT2D eigenvalue weighted by molar-refractivity contribution is 5.80. The van der Waals surface area contributed by atoms with Gasteiger partial charge in [0.1, 0.15) is 0 Å². The Hall–Kier alpha value is -0.990. The number of hydrogen-bond donors (Lipinski definition) is 2. The Labute approximate surface area is 100 Å². The summed E-state index contributed by atoms with van der Waals surface area (Å²) in [6.07, 6.45) is 8.30. The summed E-state index contributed by atoms with van der Waals surface area (Å²) >= 11 is 0. The summed E-state index contributed by atoms with van der Waals surface area (Å²) in [5.41, 5.74) is 0. The van der Waals surface area contributed by atoms with E-state index in [0.29, 0.717) is 6.04 Å². The third-order valence-electron chi connectivity index (χ3n) is 2.51. The molecule has 0 radical (unpaired) electrons. The van der Waals surface area contributed by atoms with Crippen LogP contribution in [-0.2, 0) is 0 Å². The molecular formula is C13H27N3. The lowest BCUT2D eigenvalue weighted by atomic mass is 10.1. The van der Waals surface area contributed by atoms with Gasteiger partial charge in [-0.15, -0.1) is 6.58 Å². The third kappa shape index (κ3) is 8.33. The number of aliphatic imine (C=N–C) groups is 1. The molecule has 0 aliphatic carbocycles. The Morgan fingerprint density at radius 3 is 2.69 bits per heavy atom. The second-order valence-corrected chi connectivity index (χ2v) is 4.14. The van der Waals surface area contributed by atoms with Crippen molar-refractivity contribution in [3.05, 3.63) is 12.7 Å². The zero-order chi connectivity index (χ0) is 12.2. The van der Waals surface area contributed by atoms with Crippen LogP contribution < -0.4 is 10.6 Å². The van der Waals surface area contributed by atoms with E-state index in [4.69, 9.17) is 0 Å². The van der Waals surface area contributed by atoms with E-state index in [0.717, 1.165) is 12.5 Å². The molecular weight excluding hydrogens is 198 g/mol. The van der Waals surface area contributed by atoms with Gasteiger partial charge in [-0.2, -0.15) is 0 Å². The van der Waals surface area contributed by atoms with Crippen molar-refractivity contribution in [2.75, 3.05) is 13.6 Å². The van der Waals surface area contributed by atoms with E-state index >= 15 is 0 Å². The fourth-order valence-electron chi connectivity index (χ4n) is 1.55. The first-order valence-electron chi connectivity index (χ1n) is 6.32. The molecule has 0 heterocycles. The molecule has 0 bridgehead atoms. The van der Waals surface area contributed by atoms with Gasteiger partial charge >= 0.3 is 0 Å². The van der Waals surface area contributed by atoms with Gasteiger partial charge in [0.05, 0.1) is 0 Å². The molecule has 0 saturated carbocycles. The van der Waals surface area contributed by atoms with Crippen LogP contribution in [0.2, 0.25) is 0 Å². The molecule has 0 aromatic rings. The average Bonchev–Trinajstić information content (AvgIpc) is 2.30. The Morgan fingerprint density at radius 1 is 1.38 bits per heavy atom. The van der Waals surface area contributed by atoms with Crippen molar-refractivity contribution in [3.63, 3.8) is 0 Å². The normalized spacial score (nSPS) is 13.3. The van der Waals surface area contributed by atoms with Gasteiger partial charge in [-0.05, 0) is 13.3 Å². The number of nitrogens with one attached hydrogen (secondary N) is 2. The van der Waals surface area contributed by atoms with E-state index in [9.17, 15) is 0 Å². The monoisotopic (exact) mass is 225 g/mol. The lowest BCUT2D eigenvalue weighted by Crippen LogP contribution is -2.42. The molecule has 0 aromatic heterocycles. The summed E-state index contributed by atoms with van der Waals surface area (Å²) in [7, 11) is 1.79. The molecule has 0 spiro atoms. The number of nitrogens with zero attached hydrogens (tertiary/aromatic N) is 1. The molecule has 1 unspecified atom stereocenters. The van der Waals surface area contributed by atoms with Crippen LogP contribution in [0, 0.1) is 0 Å². The predicted octanol–water partition coefficient (Wildman–Crippen LogP) is 2.70. The molecule has 0 saturated heterocycles. The molecule has 94 valence electrons. The Balaban J connectivity index is 3.66. The van der Waals surface area contributed by atoms with Gasteiger partial charge in [0.15, 0.2) is 5.96 Å². The van der Waals surface area contributed by atoms with Crippen molar-refractivity contribution in [2.45, 2.75) is 52.0 Å². The van der Waals surface area contributed by atoms with E-state index < -0.39 is 0 Å². The van der Waals surface area contributed by atoms with Crippen molar-refractivity contribution in [2.24, 2.45) is 4.99 Å². The summed E-state index contributed by atoms with van der Waals surface area (Å²) in [6.45, 7) is 8.86. The molecule has 16 heavy (non-hydrogen) atoms. The van der Waals surface area contributed by atoms with E-state index in [1.54, 1.807) is 7.05 Å². The topological polar surface area (TPSA) is 36.4 Å². The van der Waals surface area contributed by atoms with Crippen LogP contribution in [0.3, 0.4) is 0 Å². The Kier molecular flexibility index (Phi) is 9.87. The third-order valence-corrected chi connectivity index (χ3v) is 2.51. The maximum Gasteiger partial charge on any atom is 0.191 e. The molecule has 0 amide bonds. The number of rotatable bonds is 8. The highest BCUT2D eigenvalue weighted by Crippen LogP contribution is 2.04. The van der Waals surface area contributed by atoms with Crippen LogP contribution >= 0.6 is 0 Å². The maximum atomic E-state index is 4.16. The van der Waals surface area contributed by atoms with Gasteiger partial charge in [-0.25, -0.2) is 0 Å². The van der Waals surface area contributed by atoms with Gasteiger partial charge < -0.3 is 10.6 Å². The van der Waals surface area contributed by atoms with Crippen molar-refractivity contribution in [3.8, 4) is 0 Å². The van der Waals surface area contributed by atoms with Crippen LogP contribution in [0.4, 0.5) is 0 Å². The molecule has 0 aromatic carbocycles. The van der Waals surface area contributed by atoms with Crippen LogP contribution in [-0.4, -0.2) is 25.6 Å². The molecule has 0 rings (SSSR count). The molecule has 1 atom stereocenters. The fraction of sp³-hybridized carbons (Fsp3) is 0.769. The predicted molar refractivity (Wildman–Crippen MR) is 72.9 cm³/mol. The largest absolute Gasteiger partial charge is 0.354 e. The first-order chi connectivity index (χ1) is 7.74. The number of unbranched alkanes of at least 4 members (excludes halogenated alkanes) is 3. The SMILES string of the molecule is C=CCNC(=NC)NC(C)CCCCCC. The standard InChI is InChI=1S/C13H27N3/c1-5-7-8-9-10-12(3)16-13(14-4)15-11-6-2/h6,12H,2,5,7-11H2,1,3-4H3,(H2,14,15,16). The van der Waals surface area contributed by atoms with Gasteiger partial charge in [-0.1, -0.05) is 38.7 Å². The van der Waals surface area contributed by atoms with Crippen molar-refractivity contribution in [1.29, 1.82) is 0 Å². The molecule has 0 aliphatic rings. The summed E-state index contributed by atoms with van der Waals surface area (Å²) in [5.74, 6) is 0.864. The molecule has 0 aliphatic heterocycles. The number of hydrogen-bond acceptors (Lipinski definition) is 1. The average molecular weight is 225 g/mol. The lowest BCUT2D eigenvalue weighted by Gasteiger charge is -2.17. The molecule has 3 nitrogen and oxygen atoms in total. The van der Waals surface area contributed by atoms with Crippen LogP contribution in [0.5, 0.6) is 0 Å². The quantitative estimate of drug-likeness (QED) is 0.288. The van der Waals surface area contributed by atoms with Gasteiger partial charge in [-0.3, -0.25) is 4.99 Å². The minimum atomic E-state index is 0.480. The minimum Gasteiger partial charge on any atom is -0.354 e. The highest BCUT2D eigenvalue weighted by atomic mass is 15.2. The molecule has 3 heteroatoms. The molecule has 0 fully saturated rings. The van der Waals surface area contributed by atoms with Crippen LogP contribution in [0.25, 0.3) is 0 Å². The smallest absolute Gasteiger partial charge is 0.191 e. The van der Waals surface area contributed by atoms with Crippen molar-refractivity contribution >= 4 is 5.96 Å². The maximum absolute atomic E-state index is 4.16. The highest BCUT2D eigenvalue weighted by Gasteiger charge is 2.03. The lowest BCUT2D eigenvalue weighted by molar-refractivity contribution is 0.538. The summed E-state index contributed by atoms with van der Waals surface area (Å²) < 4.78 is 0. The van der Waals surface area contributed by atoms with E-state index in [1.807, 2.05) is 6.08 Å². The van der Waals surface area contributed by atoms with Gasteiger partial charge in [0.2, 0.25) is 0 Å². The summed E-state index contributed by atoms with van der Waals surface area (Å²) in [5, 5.41) is 6.54. The van der Waals surface area contributed by atoms with Gasteiger partial charge in [0, 0.05) is 19.6 Å². The van der Waals surface area contributed by atoms with Crippen molar-refractivity contribution < 1.29 is 0 Å². The van der Waals surface area contributed by atoms with Gasteiger partial charge in [0.25, 0.3) is 0 Å². The summed E-state index contributed by atoms with van der Waals surface area (Å²) in [6, 6.07) is 0.480. The second kappa shape index (κ2) is 10.5. The second-order valence-electron chi connectivity index (χ2n) is 4.14. The first-order valence-corrected chi connectivity index (χ1v) is 6.32. The fourth-order valence-corrected chi connectivity index (χ4v) is 1.55. The number of guanidine groups is 1. The Bertz CT molecular complexity index is 199. The zero-order valence-electron chi connectivity index (χ0n) is 11.1. The van der Waals surface area contributed by atoms with E-state index in [1.165, 1.54) is 32.1 Å². The summed E-state index contributed by atoms with van der Waals surface area (Å²) in [4.78, 5) is 4.16. The van der Waals surface area contributed by atoms with Crippen molar-refractivity contribution in [1.82, 2.24) is 10.6 Å².